The Morgan fingerprint density at radius 3 is 2.53 bits per heavy atom. The van der Waals surface area contributed by atoms with Crippen LogP contribution in [0.5, 0.6) is 5.75 Å². The van der Waals surface area contributed by atoms with E-state index in [9.17, 15) is 4.79 Å². The fraction of sp³-hybridized carbons (Fsp3) is 0.273. The van der Waals surface area contributed by atoms with Crippen LogP contribution in [0.15, 0.2) is 29.4 Å². The maximum atomic E-state index is 11.4. The molecule has 19 heavy (non-hydrogen) atoms. The smallest absolute Gasteiger partial charge is 0.259 e. The number of hydrazone groups is 1. The summed E-state index contributed by atoms with van der Waals surface area (Å²) in [4.78, 5) is 11.4. The normalized spacial score (nSPS) is 11.4. The molecule has 0 heterocycles. The summed E-state index contributed by atoms with van der Waals surface area (Å²) in [5, 5.41) is 6.40. The van der Waals surface area contributed by atoms with Gasteiger partial charge in [-0.2, -0.15) is 5.10 Å². The molecule has 0 saturated heterocycles. The van der Waals surface area contributed by atoms with Crippen molar-refractivity contribution >= 4 is 52.6 Å². The zero-order chi connectivity index (χ0) is 14.3. The van der Waals surface area contributed by atoms with Crippen molar-refractivity contribution in [2.24, 2.45) is 5.10 Å². The van der Waals surface area contributed by atoms with Gasteiger partial charge in [0, 0.05) is 5.69 Å². The predicted octanol–water partition coefficient (Wildman–Crippen LogP) is 2.58. The van der Waals surface area contributed by atoms with Gasteiger partial charge in [-0.3, -0.25) is 4.79 Å². The number of halogens is 3. The van der Waals surface area contributed by atoms with Gasteiger partial charge in [0.1, 0.15) is 5.75 Å². The first-order valence-corrected chi connectivity index (χ1v) is 6.32. The number of carbonyl (C=O) groups excluding carboxylic acids is 1. The van der Waals surface area contributed by atoms with Crippen LogP contribution >= 0.6 is 34.8 Å². The number of methoxy groups -OCH3 is 1. The highest BCUT2D eigenvalue weighted by Gasteiger charge is 2.15. The van der Waals surface area contributed by atoms with E-state index < -0.39 is 3.79 Å². The van der Waals surface area contributed by atoms with Gasteiger partial charge in [0.2, 0.25) is 3.79 Å². The quantitative estimate of drug-likeness (QED) is 0.497. The molecule has 0 saturated carbocycles. The van der Waals surface area contributed by atoms with Gasteiger partial charge in [-0.25, -0.2) is 5.43 Å². The molecule has 0 radical (unpaired) electrons. The lowest BCUT2D eigenvalue weighted by Gasteiger charge is -2.06. The van der Waals surface area contributed by atoms with Crippen molar-refractivity contribution < 1.29 is 9.53 Å². The Balaban J connectivity index is 2.35. The SMILES string of the molecule is COc1ccc(NCC(=O)N/N=C/C(Cl)(Cl)Cl)cc1. The Morgan fingerprint density at radius 1 is 1.37 bits per heavy atom. The largest absolute Gasteiger partial charge is 0.497 e. The van der Waals surface area contributed by atoms with Crippen LogP contribution in [0.4, 0.5) is 5.69 Å². The van der Waals surface area contributed by atoms with Crippen molar-refractivity contribution in [2.45, 2.75) is 3.79 Å². The van der Waals surface area contributed by atoms with Gasteiger partial charge in [0.05, 0.1) is 19.9 Å². The highest BCUT2D eigenvalue weighted by atomic mass is 35.6. The van der Waals surface area contributed by atoms with Crippen LogP contribution in [0, 0.1) is 0 Å². The molecule has 0 aliphatic carbocycles. The van der Waals surface area contributed by atoms with E-state index in [4.69, 9.17) is 39.5 Å². The molecule has 0 aliphatic rings. The second-order valence-corrected chi connectivity index (χ2v) is 5.79. The summed E-state index contributed by atoms with van der Waals surface area (Å²) in [6.07, 6.45) is 1.00. The van der Waals surface area contributed by atoms with Crippen LogP contribution in [0.2, 0.25) is 0 Å². The maximum Gasteiger partial charge on any atom is 0.259 e. The van der Waals surface area contributed by atoms with E-state index in [1.165, 1.54) is 0 Å². The molecule has 1 amide bonds. The van der Waals surface area contributed by atoms with Gasteiger partial charge in [0.25, 0.3) is 5.91 Å². The van der Waals surface area contributed by atoms with Crippen molar-refractivity contribution in [1.82, 2.24) is 5.43 Å². The lowest BCUT2D eigenvalue weighted by atomic mass is 10.3. The number of benzene rings is 1. The Kier molecular flexibility index (Phi) is 6.21. The zero-order valence-corrected chi connectivity index (χ0v) is 12.3. The lowest BCUT2D eigenvalue weighted by molar-refractivity contribution is -0.119. The van der Waals surface area contributed by atoms with Crippen LogP contribution in [-0.2, 0) is 4.79 Å². The molecule has 0 bridgehead atoms. The topological polar surface area (TPSA) is 62.7 Å². The van der Waals surface area contributed by atoms with E-state index in [1.54, 1.807) is 31.4 Å². The minimum absolute atomic E-state index is 0.0452. The number of hydrogen-bond acceptors (Lipinski definition) is 4. The number of carbonyl (C=O) groups is 1. The third kappa shape index (κ3) is 7.10. The van der Waals surface area contributed by atoms with Crippen LogP contribution in [-0.4, -0.2) is 29.6 Å². The third-order valence-electron chi connectivity index (χ3n) is 1.94. The van der Waals surface area contributed by atoms with Crippen LogP contribution in [0.25, 0.3) is 0 Å². The Morgan fingerprint density at radius 2 is 2.00 bits per heavy atom. The second kappa shape index (κ2) is 7.43. The number of nitrogens with one attached hydrogen (secondary N) is 2. The number of rotatable bonds is 5. The molecule has 1 aromatic rings. The number of ether oxygens (including phenoxy) is 1. The average molecular weight is 325 g/mol. The van der Waals surface area contributed by atoms with E-state index in [-0.39, 0.29) is 12.5 Å². The molecule has 2 N–H and O–H groups in total. The molecule has 1 aromatic carbocycles. The molecule has 0 spiro atoms. The summed E-state index contributed by atoms with van der Waals surface area (Å²) in [5.74, 6) is 0.378. The van der Waals surface area contributed by atoms with Crippen molar-refractivity contribution in [3.8, 4) is 5.75 Å². The molecule has 1 rings (SSSR count). The molecule has 104 valence electrons. The van der Waals surface area contributed by atoms with E-state index in [2.05, 4.69) is 15.8 Å². The molecule has 0 aliphatic heterocycles. The minimum atomic E-state index is -1.63. The van der Waals surface area contributed by atoms with Gasteiger partial charge in [0.15, 0.2) is 0 Å². The Hall–Kier alpha value is -1.17. The molecule has 0 fully saturated rings. The lowest BCUT2D eigenvalue weighted by Crippen LogP contribution is -2.26. The highest BCUT2D eigenvalue weighted by Crippen LogP contribution is 2.22. The number of alkyl halides is 3. The summed E-state index contributed by atoms with van der Waals surface area (Å²) < 4.78 is 3.39. The molecule has 5 nitrogen and oxygen atoms in total. The summed E-state index contributed by atoms with van der Waals surface area (Å²) in [6.45, 7) is 0.0452. The molecule has 0 atom stereocenters. The summed E-state index contributed by atoms with van der Waals surface area (Å²) >= 11 is 16.3. The fourth-order valence-electron chi connectivity index (χ4n) is 1.11. The summed E-state index contributed by atoms with van der Waals surface area (Å²) in [7, 11) is 1.58. The molecule has 0 unspecified atom stereocenters. The van der Waals surface area contributed by atoms with E-state index in [0.29, 0.717) is 0 Å². The van der Waals surface area contributed by atoms with E-state index in [0.717, 1.165) is 17.7 Å². The van der Waals surface area contributed by atoms with Crippen LogP contribution < -0.4 is 15.5 Å². The first-order chi connectivity index (χ1) is 8.90. The monoisotopic (exact) mass is 323 g/mol. The van der Waals surface area contributed by atoms with Gasteiger partial charge < -0.3 is 10.1 Å². The standard InChI is InChI=1S/C11H12Cl3N3O2/c1-19-9-4-2-8(3-5-9)15-6-10(18)17-16-7-11(12,13)14/h2-5,7,15H,6H2,1H3,(H,17,18)/b16-7+. The molecule has 0 aromatic heterocycles. The van der Waals surface area contributed by atoms with Crippen molar-refractivity contribution in [3.05, 3.63) is 24.3 Å². The molecular formula is C11H12Cl3N3O2. The number of amides is 1. The van der Waals surface area contributed by atoms with Gasteiger partial charge >= 0.3 is 0 Å². The van der Waals surface area contributed by atoms with Crippen LogP contribution in [0.3, 0.4) is 0 Å². The molecule has 8 heteroatoms. The fourth-order valence-corrected chi connectivity index (χ4v) is 1.25. The van der Waals surface area contributed by atoms with Crippen molar-refractivity contribution in [2.75, 3.05) is 19.0 Å². The van der Waals surface area contributed by atoms with Crippen LogP contribution in [0.1, 0.15) is 0 Å². The first-order valence-electron chi connectivity index (χ1n) is 5.18. The third-order valence-corrected chi connectivity index (χ3v) is 2.24. The Bertz CT molecular complexity index is 443. The second-order valence-electron chi connectivity index (χ2n) is 3.42. The number of hydrogen-bond donors (Lipinski definition) is 2. The predicted molar refractivity (Wildman–Crippen MR) is 78.4 cm³/mol. The van der Waals surface area contributed by atoms with E-state index in [1.807, 2.05) is 0 Å². The van der Waals surface area contributed by atoms with Crippen molar-refractivity contribution in [3.63, 3.8) is 0 Å². The number of anilines is 1. The zero-order valence-electron chi connectivity index (χ0n) is 9.99. The number of nitrogens with zero attached hydrogens (tertiary/aromatic N) is 1. The van der Waals surface area contributed by atoms with Gasteiger partial charge in [-0.05, 0) is 24.3 Å². The van der Waals surface area contributed by atoms with Gasteiger partial charge in [-0.1, -0.05) is 34.8 Å². The Labute approximate surface area is 125 Å². The highest BCUT2D eigenvalue weighted by molar-refractivity contribution is 6.74. The first kappa shape index (κ1) is 15.9. The van der Waals surface area contributed by atoms with Crippen molar-refractivity contribution in [1.29, 1.82) is 0 Å². The summed E-state index contributed by atoms with van der Waals surface area (Å²) in [6, 6.07) is 7.13. The minimum Gasteiger partial charge on any atom is -0.497 e. The van der Waals surface area contributed by atoms with Gasteiger partial charge in [-0.15, -0.1) is 0 Å². The molecular weight excluding hydrogens is 312 g/mol. The maximum absolute atomic E-state index is 11.4. The van der Waals surface area contributed by atoms with E-state index >= 15 is 0 Å². The average Bonchev–Trinajstić information content (AvgIpc) is 2.35. The summed E-state index contributed by atoms with van der Waals surface area (Å²) in [5.41, 5.74) is 3.00.